The number of nitrogens with two attached hydrogens (primary N) is 1. The van der Waals surface area contributed by atoms with Crippen molar-refractivity contribution in [3.8, 4) is 17.2 Å². The van der Waals surface area contributed by atoms with Gasteiger partial charge in [0.2, 0.25) is 5.88 Å². The molecule has 25 heavy (non-hydrogen) atoms. The van der Waals surface area contributed by atoms with E-state index in [9.17, 15) is 4.39 Å². The van der Waals surface area contributed by atoms with Crippen molar-refractivity contribution >= 4 is 5.82 Å². The molecule has 128 valence electrons. The van der Waals surface area contributed by atoms with Gasteiger partial charge in [-0.2, -0.15) is 0 Å². The quantitative estimate of drug-likeness (QED) is 0.741. The first kappa shape index (κ1) is 15.6. The molecule has 1 aliphatic rings. The fraction of sp³-hybridized carbons (Fsp3) is 0.278. The van der Waals surface area contributed by atoms with E-state index in [1.54, 1.807) is 30.6 Å². The zero-order chi connectivity index (χ0) is 17.2. The maximum atomic E-state index is 14.1. The van der Waals surface area contributed by atoms with Gasteiger partial charge in [-0.05, 0) is 42.5 Å². The van der Waals surface area contributed by atoms with E-state index in [0.717, 1.165) is 12.8 Å². The van der Waals surface area contributed by atoms with Crippen molar-refractivity contribution < 1.29 is 13.7 Å². The Morgan fingerprint density at radius 3 is 2.92 bits per heavy atom. The Morgan fingerprint density at radius 2 is 2.16 bits per heavy atom. The molecule has 0 aliphatic heterocycles. The molecule has 1 saturated carbocycles. The van der Waals surface area contributed by atoms with Crippen LogP contribution in [0.25, 0.3) is 11.3 Å². The number of hydrogen-bond donors (Lipinski definition) is 1. The standard InChI is InChI=1S/C18H17FN4O2/c19-15-7-12(9-22-18(15)24-10-11-3-4-11)6-13-8-16(25-23-13)14-2-1-5-21-17(14)20/h1-2,5,7-9,11H,3-4,6,10H2,(H2,20,21). The van der Waals surface area contributed by atoms with Crippen LogP contribution in [-0.4, -0.2) is 21.7 Å². The van der Waals surface area contributed by atoms with Gasteiger partial charge >= 0.3 is 0 Å². The molecule has 0 amide bonds. The van der Waals surface area contributed by atoms with E-state index in [0.29, 0.717) is 47.3 Å². The fourth-order valence-electron chi connectivity index (χ4n) is 2.51. The lowest BCUT2D eigenvalue weighted by Crippen LogP contribution is -2.03. The topological polar surface area (TPSA) is 87.1 Å². The predicted molar refractivity (Wildman–Crippen MR) is 89.4 cm³/mol. The lowest BCUT2D eigenvalue weighted by Gasteiger charge is -2.06. The highest BCUT2D eigenvalue weighted by Gasteiger charge is 2.23. The van der Waals surface area contributed by atoms with Crippen molar-refractivity contribution in [2.75, 3.05) is 12.3 Å². The third-order valence-electron chi connectivity index (χ3n) is 4.06. The van der Waals surface area contributed by atoms with Crippen molar-refractivity contribution in [2.45, 2.75) is 19.3 Å². The molecule has 3 heterocycles. The number of nitrogen functional groups attached to an aromatic ring is 1. The van der Waals surface area contributed by atoms with Gasteiger partial charge in [-0.1, -0.05) is 5.16 Å². The van der Waals surface area contributed by atoms with Gasteiger partial charge in [0.15, 0.2) is 11.6 Å². The molecule has 1 fully saturated rings. The number of pyridine rings is 2. The molecule has 2 N–H and O–H groups in total. The van der Waals surface area contributed by atoms with Crippen LogP contribution in [0.15, 0.2) is 41.2 Å². The Morgan fingerprint density at radius 1 is 1.28 bits per heavy atom. The summed E-state index contributed by atoms with van der Waals surface area (Å²) in [6.45, 7) is 0.530. The summed E-state index contributed by atoms with van der Waals surface area (Å²) in [4.78, 5) is 8.09. The molecule has 0 atom stereocenters. The maximum absolute atomic E-state index is 14.1. The van der Waals surface area contributed by atoms with Crippen LogP contribution < -0.4 is 10.5 Å². The van der Waals surface area contributed by atoms with E-state index in [4.69, 9.17) is 15.0 Å². The molecular weight excluding hydrogens is 323 g/mol. The van der Waals surface area contributed by atoms with E-state index in [1.807, 2.05) is 0 Å². The first-order chi connectivity index (χ1) is 12.2. The van der Waals surface area contributed by atoms with Crippen LogP contribution in [0.3, 0.4) is 0 Å². The molecule has 1 aliphatic carbocycles. The zero-order valence-corrected chi connectivity index (χ0v) is 13.5. The summed E-state index contributed by atoms with van der Waals surface area (Å²) in [7, 11) is 0. The molecule has 0 aromatic carbocycles. The fourth-order valence-corrected chi connectivity index (χ4v) is 2.51. The molecule has 0 saturated heterocycles. The highest BCUT2D eigenvalue weighted by molar-refractivity contribution is 5.69. The first-order valence-corrected chi connectivity index (χ1v) is 8.12. The predicted octanol–water partition coefficient (Wildman–Crippen LogP) is 3.23. The van der Waals surface area contributed by atoms with Crippen LogP contribution in [0.5, 0.6) is 5.88 Å². The summed E-state index contributed by atoms with van der Waals surface area (Å²) in [6, 6.07) is 6.76. The molecule has 0 unspecified atom stereocenters. The summed E-state index contributed by atoms with van der Waals surface area (Å²) in [5, 5.41) is 4.01. The first-order valence-electron chi connectivity index (χ1n) is 8.12. The zero-order valence-electron chi connectivity index (χ0n) is 13.5. The minimum absolute atomic E-state index is 0.0552. The Kier molecular flexibility index (Phi) is 4.05. The van der Waals surface area contributed by atoms with Gasteiger partial charge in [-0.15, -0.1) is 0 Å². The molecule has 6 nitrogen and oxygen atoms in total. The van der Waals surface area contributed by atoms with Crippen LogP contribution in [0.1, 0.15) is 24.1 Å². The van der Waals surface area contributed by atoms with Gasteiger partial charge in [0, 0.05) is 24.9 Å². The van der Waals surface area contributed by atoms with Crippen molar-refractivity contribution in [3.63, 3.8) is 0 Å². The normalized spacial score (nSPS) is 13.8. The van der Waals surface area contributed by atoms with Crippen LogP contribution in [0.2, 0.25) is 0 Å². The molecule has 0 bridgehead atoms. The Bertz CT molecular complexity index is 892. The lowest BCUT2D eigenvalue weighted by atomic mass is 10.1. The monoisotopic (exact) mass is 340 g/mol. The summed E-state index contributed by atoms with van der Waals surface area (Å²) in [6.07, 6.45) is 5.90. The van der Waals surface area contributed by atoms with E-state index in [-0.39, 0.29) is 5.88 Å². The van der Waals surface area contributed by atoms with Crippen molar-refractivity contribution in [3.05, 3.63) is 53.7 Å². The molecule has 3 aromatic heterocycles. The Hall–Kier alpha value is -2.96. The highest BCUT2D eigenvalue weighted by Crippen LogP contribution is 2.30. The van der Waals surface area contributed by atoms with Gasteiger partial charge in [-0.25, -0.2) is 14.4 Å². The van der Waals surface area contributed by atoms with Gasteiger partial charge < -0.3 is 15.0 Å². The van der Waals surface area contributed by atoms with Crippen molar-refractivity contribution in [1.29, 1.82) is 0 Å². The largest absolute Gasteiger partial charge is 0.475 e. The minimum atomic E-state index is -0.460. The SMILES string of the molecule is Nc1ncccc1-c1cc(Cc2cnc(OCC3CC3)c(F)c2)no1. The number of rotatable bonds is 6. The van der Waals surface area contributed by atoms with Crippen LogP contribution in [0.4, 0.5) is 10.2 Å². The second kappa shape index (κ2) is 6.51. The van der Waals surface area contributed by atoms with Gasteiger partial charge in [0.05, 0.1) is 17.9 Å². The number of ether oxygens (including phenoxy) is 1. The number of aromatic nitrogens is 3. The highest BCUT2D eigenvalue weighted by atomic mass is 19.1. The van der Waals surface area contributed by atoms with E-state index in [1.165, 1.54) is 6.07 Å². The molecule has 0 spiro atoms. The van der Waals surface area contributed by atoms with E-state index >= 15 is 0 Å². The molecular formula is C18H17FN4O2. The third kappa shape index (κ3) is 3.60. The molecule has 7 heteroatoms. The summed E-state index contributed by atoms with van der Waals surface area (Å²) in [5.74, 6) is 1.04. The van der Waals surface area contributed by atoms with Crippen molar-refractivity contribution in [1.82, 2.24) is 15.1 Å². The number of hydrogen-bond acceptors (Lipinski definition) is 6. The number of halogens is 1. The Balaban J connectivity index is 1.47. The maximum Gasteiger partial charge on any atom is 0.250 e. The second-order valence-corrected chi connectivity index (χ2v) is 6.18. The van der Waals surface area contributed by atoms with Crippen LogP contribution in [-0.2, 0) is 6.42 Å². The van der Waals surface area contributed by atoms with Gasteiger partial charge in [0.25, 0.3) is 0 Å². The Labute approximate surface area is 143 Å². The smallest absolute Gasteiger partial charge is 0.250 e. The average Bonchev–Trinajstić information content (AvgIpc) is 3.32. The second-order valence-electron chi connectivity index (χ2n) is 6.18. The van der Waals surface area contributed by atoms with Crippen LogP contribution in [0, 0.1) is 11.7 Å². The number of nitrogens with zero attached hydrogens (tertiary/aromatic N) is 3. The lowest BCUT2D eigenvalue weighted by molar-refractivity contribution is 0.273. The van der Waals surface area contributed by atoms with Gasteiger partial charge in [-0.3, -0.25) is 0 Å². The average molecular weight is 340 g/mol. The minimum Gasteiger partial charge on any atom is -0.475 e. The number of anilines is 1. The summed E-state index contributed by atoms with van der Waals surface area (Å²) in [5.41, 5.74) is 7.86. The molecule has 0 radical (unpaired) electrons. The summed E-state index contributed by atoms with van der Waals surface area (Å²) >= 11 is 0. The van der Waals surface area contributed by atoms with Gasteiger partial charge in [0.1, 0.15) is 5.82 Å². The van der Waals surface area contributed by atoms with E-state index < -0.39 is 5.82 Å². The molecule has 4 rings (SSSR count). The third-order valence-corrected chi connectivity index (χ3v) is 4.06. The van der Waals surface area contributed by atoms with E-state index in [2.05, 4.69) is 15.1 Å². The summed E-state index contributed by atoms with van der Waals surface area (Å²) < 4.78 is 24.8. The van der Waals surface area contributed by atoms with Crippen molar-refractivity contribution in [2.24, 2.45) is 5.92 Å². The van der Waals surface area contributed by atoms with Crippen LogP contribution >= 0.6 is 0 Å². The molecule has 3 aromatic rings.